The molecule has 0 radical (unpaired) electrons. The average molecular weight is 610 g/mol. The number of anilines is 1. The SMILES string of the molecule is CCCNC(=O)[C@@H](CC)N(Cc1cccc(C)c1)C(=O)CN(c1cc(C)cc(C)c1)S(=O)(=O)c1ccc(OC)c(OC)c1. The van der Waals surface area contributed by atoms with Crippen LogP contribution in [0.4, 0.5) is 5.69 Å². The van der Waals surface area contributed by atoms with Crippen molar-refractivity contribution in [3.05, 3.63) is 82.9 Å². The van der Waals surface area contributed by atoms with Crippen LogP contribution in [0.15, 0.2) is 65.6 Å². The summed E-state index contributed by atoms with van der Waals surface area (Å²) in [5, 5.41) is 2.90. The lowest BCUT2D eigenvalue weighted by atomic mass is 10.1. The van der Waals surface area contributed by atoms with Gasteiger partial charge in [-0.15, -0.1) is 0 Å². The first-order valence-corrected chi connectivity index (χ1v) is 15.8. The van der Waals surface area contributed by atoms with Gasteiger partial charge in [-0.1, -0.05) is 49.7 Å². The second kappa shape index (κ2) is 14.9. The number of benzene rings is 3. The van der Waals surface area contributed by atoms with Crippen molar-refractivity contribution >= 4 is 27.5 Å². The number of amides is 2. The summed E-state index contributed by atoms with van der Waals surface area (Å²) < 4.78 is 40.3. The number of sulfonamides is 1. The van der Waals surface area contributed by atoms with Crippen molar-refractivity contribution in [2.75, 3.05) is 31.6 Å². The van der Waals surface area contributed by atoms with Crippen molar-refractivity contribution in [2.24, 2.45) is 0 Å². The van der Waals surface area contributed by atoms with Gasteiger partial charge in [0.05, 0.1) is 24.8 Å². The summed E-state index contributed by atoms with van der Waals surface area (Å²) >= 11 is 0. The quantitative estimate of drug-likeness (QED) is 0.271. The van der Waals surface area contributed by atoms with E-state index in [2.05, 4.69) is 5.32 Å². The molecule has 232 valence electrons. The molecule has 0 saturated carbocycles. The van der Waals surface area contributed by atoms with E-state index >= 15 is 0 Å². The number of carbonyl (C=O) groups is 2. The normalized spacial score (nSPS) is 11.9. The Morgan fingerprint density at radius 3 is 2.12 bits per heavy atom. The molecule has 3 aromatic carbocycles. The Hall–Kier alpha value is -4.05. The predicted octanol–water partition coefficient (Wildman–Crippen LogP) is 5.16. The summed E-state index contributed by atoms with van der Waals surface area (Å²) in [5.41, 5.74) is 3.89. The minimum absolute atomic E-state index is 0.0601. The molecule has 0 aliphatic heterocycles. The number of aryl methyl sites for hydroxylation is 3. The van der Waals surface area contributed by atoms with Crippen molar-refractivity contribution in [2.45, 2.75) is 64.9 Å². The second-order valence-corrected chi connectivity index (χ2v) is 12.5. The summed E-state index contributed by atoms with van der Waals surface area (Å²) in [7, 11) is -1.37. The Morgan fingerprint density at radius 2 is 1.53 bits per heavy atom. The molecule has 3 aromatic rings. The molecule has 0 fully saturated rings. The zero-order chi connectivity index (χ0) is 31.7. The first kappa shape index (κ1) is 33.5. The highest BCUT2D eigenvalue weighted by Gasteiger charge is 2.34. The summed E-state index contributed by atoms with van der Waals surface area (Å²) in [5.74, 6) is -0.145. The number of hydrogen-bond donors (Lipinski definition) is 1. The standard InChI is InChI=1S/C33H43N3O6S/c1-8-15-34-33(38)29(9-2)35(21-26-12-10-11-23(3)17-26)32(37)22-36(27-18-24(4)16-25(5)19-27)43(39,40)28-13-14-30(41-6)31(20-28)42-7/h10-14,16-20,29H,8-9,15,21-22H2,1-7H3,(H,34,38)/t29-/m1/s1. The molecule has 0 unspecified atom stereocenters. The van der Waals surface area contributed by atoms with Gasteiger partial charge in [0.25, 0.3) is 10.0 Å². The fraction of sp³-hybridized carbons (Fsp3) is 0.394. The lowest BCUT2D eigenvalue weighted by Crippen LogP contribution is -2.52. The summed E-state index contributed by atoms with van der Waals surface area (Å²) in [6, 6.07) is 16.6. The van der Waals surface area contributed by atoms with E-state index in [4.69, 9.17) is 9.47 Å². The summed E-state index contributed by atoms with van der Waals surface area (Å²) in [4.78, 5) is 29.0. The van der Waals surface area contributed by atoms with Crippen molar-refractivity contribution in [3.63, 3.8) is 0 Å². The second-order valence-electron chi connectivity index (χ2n) is 10.6. The van der Waals surface area contributed by atoms with Gasteiger partial charge in [0.2, 0.25) is 11.8 Å². The van der Waals surface area contributed by atoms with Crippen LogP contribution in [0.1, 0.15) is 48.9 Å². The smallest absolute Gasteiger partial charge is 0.264 e. The van der Waals surface area contributed by atoms with Gasteiger partial charge in [0, 0.05) is 19.2 Å². The maximum atomic E-state index is 14.3. The molecule has 0 aromatic heterocycles. The highest BCUT2D eigenvalue weighted by atomic mass is 32.2. The topological polar surface area (TPSA) is 105 Å². The third-order valence-corrected chi connectivity index (χ3v) is 8.86. The van der Waals surface area contributed by atoms with Gasteiger partial charge in [0.15, 0.2) is 11.5 Å². The van der Waals surface area contributed by atoms with Gasteiger partial charge < -0.3 is 19.7 Å². The molecule has 43 heavy (non-hydrogen) atoms. The van der Waals surface area contributed by atoms with Crippen molar-refractivity contribution in [1.29, 1.82) is 0 Å². The van der Waals surface area contributed by atoms with E-state index in [0.29, 0.717) is 24.4 Å². The van der Waals surface area contributed by atoms with E-state index in [1.807, 2.05) is 65.0 Å². The van der Waals surface area contributed by atoms with Gasteiger partial charge in [-0.2, -0.15) is 0 Å². The molecule has 1 N–H and O–H groups in total. The third kappa shape index (κ3) is 8.28. The summed E-state index contributed by atoms with van der Waals surface area (Å²) in [6.45, 7) is 9.61. The Labute approximate surface area is 255 Å². The van der Waals surface area contributed by atoms with E-state index in [1.165, 1.54) is 37.3 Å². The van der Waals surface area contributed by atoms with Crippen LogP contribution < -0.4 is 19.1 Å². The molecular weight excluding hydrogens is 566 g/mol. The zero-order valence-corrected chi connectivity index (χ0v) is 27.0. The molecule has 1 atom stereocenters. The summed E-state index contributed by atoms with van der Waals surface area (Å²) in [6.07, 6.45) is 1.11. The van der Waals surface area contributed by atoms with Crippen LogP contribution in [0.2, 0.25) is 0 Å². The third-order valence-electron chi connectivity index (χ3n) is 7.09. The Bertz CT molecular complexity index is 1520. The lowest BCUT2D eigenvalue weighted by molar-refractivity contribution is -0.140. The van der Waals surface area contributed by atoms with Gasteiger partial charge in [-0.25, -0.2) is 8.42 Å². The number of carbonyl (C=O) groups excluding carboxylic acids is 2. The van der Waals surface area contributed by atoms with Crippen molar-refractivity contribution in [1.82, 2.24) is 10.2 Å². The molecule has 0 bridgehead atoms. The van der Waals surface area contributed by atoms with Crippen LogP contribution in [0.25, 0.3) is 0 Å². The maximum absolute atomic E-state index is 14.3. The number of hydrogen-bond acceptors (Lipinski definition) is 6. The molecule has 10 heteroatoms. The minimum Gasteiger partial charge on any atom is -0.493 e. The monoisotopic (exact) mass is 609 g/mol. The molecule has 0 saturated heterocycles. The van der Waals surface area contributed by atoms with E-state index in [-0.39, 0.29) is 23.1 Å². The van der Waals surface area contributed by atoms with Crippen LogP contribution in [0, 0.1) is 20.8 Å². The van der Waals surface area contributed by atoms with Crippen LogP contribution >= 0.6 is 0 Å². The van der Waals surface area contributed by atoms with Crippen LogP contribution in [0.3, 0.4) is 0 Å². The number of rotatable bonds is 14. The molecule has 3 rings (SSSR count). The minimum atomic E-state index is -4.27. The Balaban J connectivity index is 2.13. The molecular formula is C33H43N3O6S. The molecule has 0 heterocycles. The Morgan fingerprint density at radius 1 is 0.860 bits per heavy atom. The average Bonchev–Trinajstić information content (AvgIpc) is 2.97. The van der Waals surface area contributed by atoms with E-state index in [9.17, 15) is 18.0 Å². The first-order chi connectivity index (χ1) is 20.4. The highest BCUT2D eigenvalue weighted by Crippen LogP contribution is 2.33. The van der Waals surface area contributed by atoms with Crippen LogP contribution in [0.5, 0.6) is 11.5 Å². The van der Waals surface area contributed by atoms with E-state index < -0.39 is 28.5 Å². The van der Waals surface area contributed by atoms with Gasteiger partial charge in [-0.05, 0) is 74.6 Å². The molecule has 0 aliphatic rings. The maximum Gasteiger partial charge on any atom is 0.264 e. The number of methoxy groups -OCH3 is 2. The molecule has 0 spiro atoms. The highest BCUT2D eigenvalue weighted by molar-refractivity contribution is 7.92. The lowest BCUT2D eigenvalue weighted by Gasteiger charge is -2.33. The fourth-order valence-electron chi connectivity index (χ4n) is 5.02. The molecule has 2 amide bonds. The predicted molar refractivity (Wildman–Crippen MR) is 169 cm³/mol. The van der Waals surface area contributed by atoms with Gasteiger partial charge in [0.1, 0.15) is 12.6 Å². The Kier molecular flexibility index (Phi) is 11.6. The van der Waals surface area contributed by atoms with Crippen LogP contribution in [-0.4, -0.2) is 58.5 Å². The van der Waals surface area contributed by atoms with Gasteiger partial charge in [-0.3, -0.25) is 13.9 Å². The largest absolute Gasteiger partial charge is 0.493 e. The van der Waals surface area contributed by atoms with Crippen LogP contribution in [-0.2, 0) is 26.2 Å². The first-order valence-electron chi connectivity index (χ1n) is 14.4. The number of nitrogens with zero attached hydrogens (tertiary/aromatic N) is 2. The molecule has 0 aliphatic carbocycles. The number of nitrogens with one attached hydrogen (secondary N) is 1. The molecule has 9 nitrogen and oxygen atoms in total. The number of ether oxygens (including phenoxy) is 2. The fourth-order valence-corrected chi connectivity index (χ4v) is 6.43. The van der Waals surface area contributed by atoms with Crippen molar-refractivity contribution < 1.29 is 27.5 Å². The van der Waals surface area contributed by atoms with Gasteiger partial charge >= 0.3 is 0 Å². The zero-order valence-electron chi connectivity index (χ0n) is 26.1. The van der Waals surface area contributed by atoms with Crippen molar-refractivity contribution in [3.8, 4) is 11.5 Å². The van der Waals surface area contributed by atoms with E-state index in [1.54, 1.807) is 12.1 Å². The van der Waals surface area contributed by atoms with E-state index in [0.717, 1.165) is 33.0 Å².